The van der Waals surface area contributed by atoms with Crippen molar-refractivity contribution >= 4 is 33.4 Å². The van der Waals surface area contributed by atoms with Crippen LogP contribution in [0.2, 0.25) is 0 Å². The number of carbonyl (C=O) groups is 1. The summed E-state index contributed by atoms with van der Waals surface area (Å²) in [7, 11) is -4.18. The standard InChI is InChI=1S/C27H20F3N3O3S/c28-27(29,30)20-8-6-9-21(18-20)33-37(35,36)22-10-5-7-19(17-22)14-15-26(34)32-25-13-2-1-11-23(25)24-12-3-4-16-31-24/h1-18,33H,(H,32,34)/b15-14+. The summed E-state index contributed by atoms with van der Waals surface area (Å²) in [5.74, 6) is -0.446. The Hall–Kier alpha value is -4.44. The second-order valence-electron chi connectivity index (χ2n) is 7.84. The van der Waals surface area contributed by atoms with Crippen molar-refractivity contribution < 1.29 is 26.4 Å². The molecule has 1 heterocycles. The molecule has 0 aliphatic rings. The zero-order valence-corrected chi connectivity index (χ0v) is 19.9. The van der Waals surface area contributed by atoms with Crippen LogP contribution >= 0.6 is 0 Å². The van der Waals surface area contributed by atoms with Gasteiger partial charge in [-0.2, -0.15) is 13.2 Å². The molecule has 0 fully saturated rings. The molecule has 4 aromatic rings. The predicted molar refractivity (Wildman–Crippen MR) is 136 cm³/mol. The molecule has 37 heavy (non-hydrogen) atoms. The maximum atomic E-state index is 13.0. The number of hydrogen-bond acceptors (Lipinski definition) is 4. The number of aromatic nitrogens is 1. The average molecular weight is 524 g/mol. The maximum Gasteiger partial charge on any atom is 0.416 e. The number of benzene rings is 3. The van der Waals surface area contributed by atoms with E-state index in [9.17, 15) is 26.4 Å². The summed E-state index contributed by atoms with van der Waals surface area (Å²) in [6, 6.07) is 22.2. The van der Waals surface area contributed by atoms with E-state index in [-0.39, 0.29) is 10.6 Å². The molecule has 188 valence electrons. The Morgan fingerprint density at radius 3 is 2.38 bits per heavy atom. The Morgan fingerprint density at radius 2 is 1.62 bits per heavy atom. The summed E-state index contributed by atoms with van der Waals surface area (Å²) in [6.07, 6.45) is -0.273. The Kier molecular flexibility index (Phi) is 7.40. The highest BCUT2D eigenvalue weighted by Crippen LogP contribution is 2.31. The quantitative estimate of drug-likeness (QED) is 0.282. The minimum atomic E-state index is -4.61. The number of pyridine rings is 1. The highest BCUT2D eigenvalue weighted by Gasteiger charge is 2.30. The first kappa shape index (κ1) is 25.6. The number of sulfonamides is 1. The van der Waals surface area contributed by atoms with Crippen LogP contribution in [-0.4, -0.2) is 19.3 Å². The van der Waals surface area contributed by atoms with Gasteiger partial charge in [0.2, 0.25) is 5.91 Å². The van der Waals surface area contributed by atoms with Gasteiger partial charge in [-0.25, -0.2) is 8.42 Å². The lowest BCUT2D eigenvalue weighted by Crippen LogP contribution is -2.14. The fraction of sp³-hybridized carbons (Fsp3) is 0.0370. The van der Waals surface area contributed by atoms with Crippen molar-refractivity contribution in [1.29, 1.82) is 0 Å². The molecule has 3 aromatic carbocycles. The molecule has 0 atom stereocenters. The van der Waals surface area contributed by atoms with Crippen LogP contribution in [0.1, 0.15) is 11.1 Å². The molecule has 4 rings (SSSR count). The van der Waals surface area contributed by atoms with E-state index < -0.39 is 27.7 Å². The van der Waals surface area contributed by atoms with Gasteiger partial charge in [-0.05, 0) is 60.2 Å². The molecule has 0 bridgehead atoms. The van der Waals surface area contributed by atoms with E-state index in [0.717, 1.165) is 17.7 Å². The van der Waals surface area contributed by atoms with Crippen molar-refractivity contribution in [3.05, 3.63) is 114 Å². The van der Waals surface area contributed by atoms with Crippen molar-refractivity contribution in [3.8, 4) is 11.3 Å². The maximum absolute atomic E-state index is 13.0. The normalized spacial score (nSPS) is 11.9. The first-order valence-electron chi connectivity index (χ1n) is 10.9. The van der Waals surface area contributed by atoms with Crippen molar-refractivity contribution in [3.63, 3.8) is 0 Å². The number of hydrogen-bond donors (Lipinski definition) is 2. The summed E-state index contributed by atoms with van der Waals surface area (Å²) in [5.41, 5.74) is 1.19. The molecular formula is C27H20F3N3O3S. The molecule has 0 aliphatic carbocycles. The zero-order chi connectivity index (χ0) is 26.5. The number of nitrogens with zero attached hydrogens (tertiary/aromatic N) is 1. The van der Waals surface area contributed by atoms with Crippen LogP contribution in [0.4, 0.5) is 24.5 Å². The monoisotopic (exact) mass is 523 g/mol. The topological polar surface area (TPSA) is 88.2 Å². The third kappa shape index (κ3) is 6.62. The fourth-order valence-electron chi connectivity index (χ4n) is 3.44. The van der Waals surface area contributed by atoms with Crippen molar-refractivity contribution in [2.45, 2.75) is 11.1 Å². The smallest absolute Gasteiger partial charge is 0.322 e. The third-order valence-corrected chi connectivity index (χ3v) is 6.54. The summed E-state index contributed by atoms with van der Waals surface area (Å²) in [5, 5.41) is 2.79. The van der Waals surface area contributed by atoms with E-state index in [1.807, 2.05) is 24.3 Å². The van der Waals surface area contributed by atoms with Crippen LogP contribution in [0.25, 0.3) is 17.3 Å². The van der Waals surface area contributed by atoms with Gasteiger partial charge < -0.3 is 5.32 Å². The van der Waals surface area contributed by atoms with Crippen molar-refractivity contribution in [2.24, 2.45) is 0 Å². The molecule has 1 aromatic heterocycles. The molecule has 6 nitrogen and oxygen atoms in total. The fourth-order valence-corrected chi connectivity index (χ4v) is 4.55. The Labute approximate surface area is 211 Å². The number of halogens is 3. The van der Waals surface area contributed by atoms with Gasteiger partial charge in [-0.3, -0.25) is 14.5 Å². The molecule has 0 saturated carbocycles. The number of amides is 1. The van der Waals surface area contributed by atoms with Gasteiger partial charge in [0.05, 0.1) is 21.8 Å². The van der Waals surface area contributed by atoms with Gasteiger partial charge in [0.1, 0.15) is 0 Å². The lowest BCUT2D eigenvalue weighted by molar-refractivity contribution is -0.137. The van der Waals surface area contributed by atoms with Crippen molar-refractivity contribution in [2.75, 3.05) is 10.0 Å². The molecular weight excluding hydrogens is 503 g/mol. The van der Waals surface area contributed by atoms with E-state index >= 15 is 0 Å². The van der Waals surface area contributed by atoms with Gasteiger partial charge in [0.25, 0.3) is 10.0 Å². The Bertz CT molecular complexity index is 1550. The molecule has 0 unspecified atom stereocenters. The number of rotatable bonds is 7. The largest absolute Gasteiger partial charge is 0.416 e. The number of para-hydroxylation sites is 1. The van der Waals surface area contributed by atoms with E-state index in [2.05, 4.69) is 15.0 Å². The first-order valence-corrected chi connectivity index (χ1v) is 12.4. The average Bonchev–Trinajstić information content (AvgIpc) is 2.88. The summed E-state index contributed by atoms with van der Waals surface area (Å²) < 4.78 is 66.5. The minimum absolute atomic E-state index is 0.173. The lowest BCUT2D eigenvalue weighted by Gasteiger charge is -2.11. The third-order valence-electron chi connectivity index (χ3n) is 5.16. The highest BCUT2D eigenvalue weighted by molar-refractivity contribution is 7.92. The van der Waals surface area contributed by atoms with Gasteiger partial charge in [0.15, 0.2) is 0 Å². The highest BCUT2D eigenvalue weighted by atomic mass is 32.2. The van der Waals surface area contributed by atoms with Crippen LogP contribution in [0.15, 0.2) is 108 Å². The number of carbonyl (C=O) groups excluding carboxylic acids is 1. The van der Waals surface area contributed by atoms with Crippen molar-refractivity contribution in [1.82, 2.24) is 4.98 Å². The molecule has 2 N–H and O–H groups in total. The molecule has 0 saturated heterocycles. The van der Waals surface area contributed by atoms with Gasteiger partial charge in [-0.1, -0.05) is 42.5 Å². The molecule has 1 amide bonds. The van der Waals surface area contributed by atoms with Crippen LogP contribution in [0, 0.1) is 0 Å². The van der Waals surface area contributed by atoms with Crippen LogP contribution in [-0.2, 0) is 21.0 Å². The molecule has 0 radical (unpaired) electrons. The number of nitrogens with one attached hydrogen (secondary N) is 2. The van der Waals surface area contributed by atoms with E-state index in [1.165, 1.54) is 36.4 Å². The molecule has 0 spiro atoms. The van der Waals surface area contributed by atoms with Gasteiger partial charge in [0, 0.05) is 23.5 Å². The van der Waals surface area contributed by atoms with Gasteiger partial charge >= 0.3 is 6.18 Å². The van der Waals surface area contributed by atoms with Crippen LogP contribution < -0.4 is 10.0 Å². The Morgan fingerprint density at radius 1 is 0.865 bits per heavy atom. The summed E-state index contributed by atoms with van der Waals surface area (Å²) >= 11 is 0. The van der Waals surface area contributed by atoms with Crippen LogP contribution in [0.5, 0.6) is 0 Å². The predicted octanol–water partition coefficient (Wildman–Crippen LogP) is 6.22. The van der Waals surface area contributed by atoms with E-state index in [0.29, 0.717) is 23.0 Å². The zero-order valence-electron chi connectivity index (χ0n) is 19.1. The number of alkyl halides is 3. The molecule has 10 heteroatoms. The number of anilines is 2. The van der Waals surface area contributed by atoms with E-state index in [1.54, 1.807) is 30.5 Å². The lowest BCUT2D eigenvalue weighted by atomic mass is 10.1. The van der Waals surface area contributed by atoms with Gasteiger partial charge in [-0.15, -0.1) is 0 Å². The van der Waals surface area contributed by atoms with Crippen LogP contribution in [0.3, 0.4) is 0 Å². The summed E-state index contributed by atoms with van der Waals surface area (Å²) in [4.78, 5) is 16.7. The summed E-state index contributed by atoms with van der Waals surface area (Å²) in [6.45, 7) is 0. The molecule has 0 aliphatic heterocycles. The second kappa shape index (κ2) is 10.7. The second-order valence-corrected chi connectivity index (χ2v) is 9.52. The Balaban J connectivity index is 1.49. The minimum Gasteiger partial charge on any atom is -0.322 e. The van der Waals surface area contributed by atoms with E-state index in [4.69, 9.17) is 0 Å². The SMILES string of the molecule is O=C(/C=C/c1cccc(S(=O)(=O)Nc2cccc(C(F)(F)F)c2)c1)Nc1ccccc1-c1ccccn1. The first-order chi connectivity index (χ1) is 17.6.